The first kappa shape index (κ1) is 62.3. The molecule has 1 atom stereocenters. The number of carbonyl (C=O) groups excluding carboxylic acids is 3. The maximum atomic E-state index is 12.8. The van der Waals surface area contributed by atoms with Gasteiger partial charge in [-0.2, -0.15) is 0 Å². The molecule has 0 N–H and O–H groups in total. The zero-order chi connectivity index (χ0) is 47.9. The van der Waals surface area contributed by atoms with Gasteiger partial charge in [-0.25, -0.2) is 0 Å². The van der Waals surface area contributed by atoms with E-state index in [1.165, 1.54) is 83.5 Å². The van der Waals surface area contributed by atoms with E-state index in [2.05, 4.69) is 118 Å². The molecule has 0 amide bonds. The number of carbonyl (C=O) groups is 3. The number of ether oxygens (including phenoxy) is 3. The van der Waals surface area contributed by atoms with Crippen molar-refractivity contribution in [2.75, 3.05) is 13.2 Å². The molecule has 0 aromatic heterocycles. The van der Waals surface area contributed by atoms with Crippen LogP contribution >= 0.6 is 0 Å². The van der Waals surface area contributed by atoms with Crippen molar-refractivity contribution in [3.63, 3.8) is 0 Å². The molecule has 0 aromatic rings. The monoisotopic (exact) mass is 917 g/mol. The summed E-state index contributed by atoms with van der Waals surface area (Å²) in [5.41, 5.74) is 0. The van der Waals surface area contributed by atoms with Gasteiger partial charge in [0, 0.05) is 19.3 Å². The second kappa shape index (κ2) is 53.9. The van der Waals surface area contributed by atoms with Crippen molar-refractivity contribution in [3.8, 4) is 0 Å². The molecule has 0 saturated carbocycles. The quantitative estimate of drug-likeness (QED) is 0.0262. The van der Waals surface area contributed by atoms with Crippen molar-refractivity contribution in [2.24, 2.45) is 0 Å². The molecule has 0 bridgehead atoms. The van der Waals surface area contributed by atoms with Crippen LogP contribution in [0.25, 0.3) is 0 Å². The first-order chi connectivity index (χ1) is 32.5. The lowest BCUT2D eigenvalue weighted by Gasteiger charge is -2.18. The van der Waals surface area contributed by atoms with Crippen LogP contribution in [0.2, 0.25) is 0 Å². The highest BCUT2D eigenvalue weighted by Crippen LogP contribution is 2.15. The molecule has 66 heavy (non-hydrogen) atoms. The molecule has 376 valence electrons. The molecule has 0 spiro atoms. The van der Waals surface area contributed by atoms with E-state index in [0.29, 0.717) is 19.3 Å². The van der Waals surface area contributed by atoms with Crippen LogP contribution in [-0.4, -0.2) is 37.2 Å². The van der Waals surface area contributed by atoms with Gasteiger partial charge < -0.3 is 14.2 Å². The van der Waals surface area contributed by atoms with Gasteiger partial charge in [-0.3, -0.25) is 14.4 Å². The van der Waals surface area contributed by atoms with Crippen molar-refractivity contribution in [1.29, 1.82) is 0 Å². The Balaban J connectivity index is 4.40. The van der Waals surface area contributed by atoms with Crippen LogP contribution in [0, 0.1) is 0 Å². The largest absolute Gasteiger partial charge is 0.462 e. The Morgan fingerprint density at radius 1 is 0.318 bits per heavy atom. The molecule has 0 aromatic carbocycles. The molecular formula is C60H100O6. The summed E-state index contributed by atoms with van der Waals surface area (Å²) in [5.74, 6) is -0.930. The van der Waals surface area contributed by atoms with E-state index >= 15 is 0 Å². The van der Waals surface area contributed by atoms with Crippen molar-refractivity contribution < 1.29 is 28.6 Å². The summed E-state index contributed by atoms with van der Waals surface area (Å²) in [6.07, 6.45) is 71.1. The summed E-state index contributed by atoms with van der Waals surface area (Å²) in [7, 11) is 0. The lowest BCUT2D eigenvalue weighted by molar-refractivity contribution is -0.167. The Kier molecular flexibility index (Phi) is 50.9. The van der Waals surface area contributed by atoms with Gasteiger partial charge in [-0.1, -0.05) is 227 Å². The predicted octanol–water partition coefficient (Wildman–Crippen LogP) is 18.1. The highest BCUT2D eigenvalue weighted by atomic mass is 16.6. The first-order valence-electron chi connectivity index (χ1n) is 27.2. The summed E-state index contributed by atoms with van der Waals surface area (Å²) in [6.45, 7) is 6.37. The fourth-order valence-corrected chi connectivity index (χ4v) is 7.31. The number of unbranched alkanes of at least 4 members (excludes halogenated alkanes) is 21. The van der Waals surface area contributed by atoms with E-state index in [-0.39, 0.29) is 31.1 Å². The fourth-order valence-electron chi connectivity index (χ4n) is 7.31. The van der Waals surface area contributed by atoms with Crippen LogP contribution in [0.15, 0.2) is 97.2 Å². The van der Waals surface area contributed by atoms with E-state index in [1.807, 2.05) is 0 Å². The highest BCUT2D eigenvalue weighted by molar-refractivity contribution is 5.71. The predicted molar refractivity (Wildman–Crippen MR) is 284 cm³/mol. The first-order valence-corrected chi connectivity index (χ1v) is 27.2. The number of rotatable bonds is 48. The minimum atomic E-state index is -0.793. The lowest BCUT2D eigenvalue weighted by atomic mass is 10.1. The zero-order valence-corrected chi connectivity index (χ0v) is 42.9. The van der Waals surface area contributed by atoms with E-state index < -0.39 is 6.10 Å². The average Bonchev–Trinajstić information content (AvgIpc) is 3.31. The van der Waals surface area contributed by atoms with Crippen LogP contribution in [0.1, 0.15) is 245 Å². The molecule has 0 aliphatic heterocycles. The van der Waals surface area contributed by atoms with E-state index in [9.17, 15) is 14.4 Å². The Hall–Kier alpha value is -3.67. The Labute approximate surface area is 407 Å². The zero-order valence-electron chi connectivity index (χ0n) is 42.9. The van der Waals surface area contributed by atoms with Crippen LogP contribution in [0.4, 0.5) is 0 Å². The lowest BCUT2D eigenvalue weighted by Crippen LogP contribution is -2.30. The molecule has 0 radical (unpaired) electrons. The number of hydrogen-bond donors (Lipinski definition) is 0. The molecule has 1 unspecified atom stereocenters. The van der Waals surface area contributed by atoms with Gasteiger partial charge in [0.1, 0.15) is 13.2 Å². The maximum Gasteiger partial charge on any atom is 0.306 e. The van der Waals surface area contributed by atoms with Crippen molar-refractivity contribution in [3.05, 3.63) is 97.2 Å². The van der Waals surface area contributed by atoms with Gasteiger partial charge >= 0.3 is 17.9 Å². The summed E-state index contributed by atoms with van der Waals surface area (Å²) in [4.78, 5) is 38.0. The van der Waals surface area contributed by atoms with Crippen LogP contribution in [0.3, 0.4) is 0 Å². The third-order valence-corrected chi connectivity index (χ3v) is 11.3. The molecular weight excluding hydrogens is 817 g/mol. The second-order valence-corrected chi connectivity index (χ2v) is 17.7. The molecule has 0 saturated heterocycles. The van der Waals surface area contributed by atoms with Gasteiger partial charge in [0.15, 0.2) is 6.10 Å². The molecule has 0 rings (SSSR count). The van der Waals surface area contributed by atoms with Gasteiger partial charge in [0.05, 0.1) is 0 Å². The van der Waals surface area contributed by atoms with E-state index in [4.69, 9.17) is 14.2 Å². The topological polar surface area (TPSA) is 78.9 Å². The average molecular weight is 917 g/mol. The molecule has 6 nitrogen and oxygen atoms in total. The summed E-state index contributed by atoms with van der Waals surface area (Å²) >= 11 is 0. The van der Waals surface area contributed by atoms with Gasteiger partial charge in [-0.15, -0.1) is 0 Å². The normalized spacial score (nSPS) is 12.8. The molecule has 0 heterocycles. The van der Waals surface area contributed by atoms with Crippen molar-refractivity contribution in [2.45, 2.75) is 252 Å². The van der Waals surface area contributed by atoms with Gasteiger partial charge in [0.25, 0.3) is 0 Å². The van der Waals surface area contributed by atoms with Crippen molar-refractivity contribution >= 4 is 17.9 Å². The van der Waals surface area contributed by atoms with E-state index in [1.54, 1.807) is 0 Å². The van der Waals surface area contributed by atoms with Crippen LogP contribution in [-0.2, 0) is 28.6 Å². The Bertz CT molecular complexity index is 1330. The number of allylic oxidation sites excluding steroid dienone is 16. The number of esters is 3. The Morgan fingerprint density at radius 3 is 0.939 bits per heavy atom. The summed E-state index contributed by atoms with van der Waals surface area (Å²) in [6, 6.07) is 0. The minimum Gasteiger partial charge on any atom is -0.462 e. The third kappa shape index (κ3) is 51.3. The standard InChI is InChI=1S/C60H100O6/c1-4-7-10-13-16-19-22-24-26-28-30-32-34-36-38-41-44-47-50-53-59(62)65-56-57(55-64-58(61)52-49-46-43-40-21-18-15-12-9-6-3)66-60(63)54-51-48-45-42-39-37-35-33-31-29-27-25-23-20-17-14-11-8-5-2/h7-8,10-11,16-17,19-20,24-27,30,32,36,38,57H,4-6,9,12-15,18,21-23,28-29,31,33-35,37,39-56H2,1-3H3/b10-7-,11-8-,19-16-,20-17-,26-24-,27-25-,32-30-,38-36-. The SMILES string of the molecule is CC/C=C\C/C=C\C/C=C\C/C=C\C/C=C\CCCCCC(=O)OCC(COC(=O)CCCCCCCCCCCC)OC(=O)CCCCCCCCCCC/C=C\C/C=C\C/C=C\CC. The van der Waals surface area contributed by atoms with Gasteiger partial charge in [-0.05, 0) is 96.3 Å². The number of hydrogen-bond acceptors (Lipinski definition) is 6. The molecule has 0 aliphatic carbocycles. The fraction of sp³-hybridized carbons (Fsp3) is 0.683. The highest BCUT2D eigenvalue weighted by Gasteiger charge is 2.19. The minimum absolute atomic E-state index is 0.0896. The summed E-state index contributed by atoms with van der Waals surface area (Å²) in [5, 5.41) is 0. The second-order valence-electron chi connectivity index (χ2n) is 17.7. The third-order valence-electron chi connectivity index (χ3n) is 11.3. The Morgan fingerprint density at radius 2 is 0.591 bits per heavy atom. The summed E-state index contributed by atoms with van der Waals surface area (Å²) < 4.78 is 16.8. The van der Waals surface area contributed by atoms with Crippen LogP contribution in [0.5, 0.6) is 0 Å². The molecule has 0 fully saturated rings. The smallest absolute Gasteiger partial charge is 0.306 e. The van der Waals surface area contributed by atoms with E-state index in [0.717, 1.165) is 122 Å². The molecule has 0 aliphatic rings. The van der Waals surface area contributed by atoms with Crippen LogP contribution < -0.4 is 0 Å². The molecule has 6 heteroatoms. The maximum absolute atomic E-state index is 12.8. The van der Waals surface area contributed by atoms with Crippen molar-refractivity contribution in [1.82, 2.24) is 0 Å². The van der Waals surface area contributed by atoms with Gasteiger partial charge in [0.2, 0.25) is 0 Å².